The van der Waals surface area contributed by atoms with E-state index in [4.69, 9.17) is 16.3 Å². The first kappa shape index (κ1) is 19.9. The van der Waals surface area contributed by atoms with E-state index in [0.717, 1.165) is 5.56 Å². The van der Waals surface area contributed by atoms with Crippen molar-refractivity contribution in [2.24, 2.45) is 0 Å². The molecule has 1 atom stereocenters. The zero-order valence-electron chi connectivity index (χ0n) is 15.5. The first-order chi connectivity index (χ1) is 13.9. The van der Waals surface area contributed by atoms with Crippen LogP contribution in [-0.4, -0.2) is 61.8 Å². The summed E-state index contributed by atoms with van der Waals surface area (Å²) >= 11 is 5.83. The zero-order chi connectivity index (χ0) is 20.6. The summed E-state index contributed by atoms with van der Waals surface area (Å²) in [5.41, 5.74) is 1.27. The number of rotatable bonds is 3. The number of fused-ring (bicyclic) bond motifs is 1. The van der Waals surface area contributed by atoms with E-state index in [0.29, 0.717) is 17.0 Å². The Morgan fingerprint density at radius 2 is 1.66 bits per heavy atom. The Hall–Kier alpha value is -2.42. The normalized spacial score (nSPS) is 20.1. The van der Waals surface area contributed by atoms with Crippen molar-refractivity contribution in [2.75, 3.05) is 26.2 Å². The molecule has 29 heavy (non-hydrogen) atoms. The molecule has 2 aromatic carbocycles. The number of esters is 1. The number of amides is 1. The summed E-state index contributed by atoms with van der Waals surface area (Å²) in [5.74, 6) is -0.800. The molecular formula is C20H19ClN2O5S. The highest BCUT2D eigenvalue weighted by atomic mass is 35.5. The van der Waals surface area contributed by atoms with Crippen molar-refractivity contribution >= 4 is 33.5 Å². The van der Waals surface area contributed by atoms with Crippen molar-refractivity contribution in [3.63, 3.8) is 0 Å². The molecule has 0 aliphatic carbocycles. The number of hydrogen-bond acceptors (Lipinski definition) is 5. The van der Waals surface area contributed by atoms with Crippen molar-refractivity contribution in [3.05, 3.63) is 64.7 Å². The Balaban J connectivity index is 1.41. The molecule has 0 aromatic heterocycles. The number of ether oxygens (including phenoxy) is 1. The average molecular weight is 435 g/mol. The van der Waals surface area contributed by atoms with E-state index >= 15 is 0 Å². The SMILES string of the molecule is O=C1O[C@@H](C(=O)N2CCN(S(=O)(=O)c3ccc(Cl)cc3)CC2)Cc2ccccc21. The fraction of sp³-hybridized carbons (Fsp3) is 0.300. The van der Waals surface area contributed by atoms with Gasteiger partial charge in [0.15, 0.2) is 6.10 Å². The third-order valence-corrected chi connectivity index (χ3v) is 7.33. The number of nitrogens with zero attached hydrogens (tertiary/aromatic N) is 2. The van der Waals surface area contributed by atoms with Gasteiger partial charge in [0.1, 0.15) is 0 Å². The second kappa shape index (κ2) is 7.78. The van der Waals surface area contributed by atoms with Gasteiger partial charge in [0, 0.05) is 37.6 Å². The van der Waals surface area contributed by atoms with Crippen LogP contribution >= 0.6 is 11.6 Å². The first-order valence-corrected chi connectivity index (χ1v) is 11.0. The van der Waals surface area contributed by atoms with Gasteiger partial charge >= 0.3 is 5.97 Å². The molecule has 7 nitrogen and oxygen atoms in total. The number of sulfonamides is 1. The lowest BCUT2D eigenvalue weighted by Crippen LogP contribution is -2.54. The van der Waals surface area contributed by atoms with E-state index in [9.17, 15) is 18.0 Å². The van der Waals surface area contributed by atoms with Crippen LogP contribution in [-0.2, 0) is 26.0 Å². The fourth-order valence-corrected chi connectivity index (χ4v) is 5.13. The van der Waals surface area contributed by atoms with Gasteiger partial charge in [0.05, 0.1) is 10.5 Å². The molecule has 0 radical (unpaired) electrons. The molecule has 9 heteroatoms. The standard InChI is InChI=1S/C20H19ClN2O5S/c21-15-5-7-16(8-6-15)29(26,27)23-11-9-22(10-12-23)19(24)18-13-14-3-1-2-4-17(14)20(25)28-18/h1-8,18H,9-13H2/t18-/m1/s1. The van der Waals surface area contributed by atoms with Crippen molar-refractivity contribution in [3.8, 4) is 0 Å². The fourth-order valence-electron chi connectivity index (χ4n) is 3.58. The molecular weight excluding hydrogens is 416 g/mol. The van der Waals surface area contributed by atoms with Gasteiger partial charge in [0.25, 0.3) is 5.91 Å². The monoisotopic (exact) mass is 434 g/mol. The Morgan fingerprint density at radius 1 is 1.00 bits per heavy atom. The number of carbonyl (C=O) groups is 2. The number of hydrogen-bond donors (Lipinski definition) is 0. The van der Waals surface area contributed by atoms with Gasteiger partial charge in [0.2, 0.25) is 10.0 Å². The summed E-state index contributed by atoms with van der Waals surface area (Å²) in [7, 11) is -3.65. The molecule has 0 spiro atoms. The predicted molar refractivity (Wildman–Crippen MR) is 106 cm³/mol. The molecule has 4 rings (SSSR count). The summed E-state index contributed by atoms with van der Waals surface area (Å²) in [6.45, 7) is 0.824. The Labute approximate surface area is 173 Å². The maximum atomic E-state index is 12.8. The molecule has 2 heterocycles. The smallest absolute Gasteiger partial charge is 0.339 e. The van der Waals surface area contributed by atoms with Gasteiger partial charge in [-0.05, 0) is 35.9 Å². The lowest BCUT2D eigenvalue weighted by Gasteiger charge is -2.36. The van der Waals surface area contributed by atoms with Crippen molar-refractivity contribution in [1.82, 2.24) is 9.21 Å². The molecule has 1 amide bonds. The molecule has 2 aromatic rings. The maximum absolute atomic E-state index is 12.8. The topological polar surface area (TPSA) is 84.0 Å². The number of halogens is 1. The largest absolute Gasteiger partial charge is 0.448 e. The second-order valence-electron chi connectivity index (χ2n) is 6.94. The van der Waals surface area contributed by atoms with E-state index in [1.54, 1.807) is 17.0 Å². The third-order valence-electron chi connectivity index (χ3n) is 5.17. The van der Waals surface area contributed by atoms with Crippen LogP contribution in [0, 0.1) is 0 Å². The lowest BCUT2D eigenvalue weighted by atomic mass is 9.98. The highest BCUT2D eigenvalue weighted by molar-refractivity contribution is 7.89. The van der Waals surface area contributed by atoms with Crippen LogP contribution in [0.2, 0.25) is 5.02 Å². The van der Waals surface area contributed by atoms with E-state index in [2.05, 4.69) is 0 Å². The quantitative estimate of drug-likeness (QED) is 0.689. The number of carbonyl (C=O) groups excluding carboxylic acids is 2. The molecule has 2 aliphatic rings. The third kappa shape index (κ3) is 3.88. The first-order valence-electron chi connectivity index (χ1n) is 9.19. The lowest BCUT2D eigenvalue weighted by molar-refractivity contribution is -0.142. The van der Waals surface area contributed by atoms with Crippen LogP contribution in [0.3, 0.4) is 0 Å². The summed E-state index contributed by atoms with van der Waals surface area (Å²) < 4.78 is 32.2. The summed E-state index contributed by atoms with van der Waals surface area (Å²) in [5, 5.41) is 0.461. The molecule has 0 unspecified atom stereocenters. The highest BCUT2D eigenvalue weighted by Crippen LogP contribution is 2.23. The Morgan fingerprint density at radius 3 is 2.34 bits per heavy atom. The molecule has 1 fully saturated rings. The molecule has 0 saturated carbocycles. The number of piperazine rings is 1. The second-order valence-corrected chi connectivity index (χ2v) is 9.31. The van der Waals surface area contributed by atoms with Gasteiger partial charge in [-0.3, -0.25) is 4.79 Å². The van der Waals surface area contributed by atoms with Gasteiger partial charge in [-0.25, -0.2) is 13.2 Å². The van der Waals surface area contributed by atoms with E-state index in [-0.39, 0.29) is 37.0 Å². The van der Waals surface area contributed by atoms with Gasteiger partial charge in [-0.15, -0.1) is 0 Å². The van der Waals surface area contributed by atoms with E-state index < -0.39 is 22.1 Å². The van der Waals surface area contributed by atoms with Gasteiger partial charge in [-0.1, -0.05) is 29.8 Å². The van der Waals surface area contributed by atoms with Crippen molar-refractivity contribution in [1.29, 1.82) is 0 Å². The van der Waals surface area contributed by atoms with Crippen LogP contribution < -0.4 is 0 Å². The maximum Gasteiger partial charge on any atom is 0.339 e. The van der Waals surface area contributed by atoms with Gasteiger partial charge in [-0.2, -0.15) is 4.31 Å². The van der Waals surface area contributed by atoms with Crippen LogP contribution in [0.4, 0.5) is 0 Å². The Bertz CT molecular complexity index is 1050. The zero-order valence-corrected chi connectivity index (χ0v) is 17.0. The number of cyclic esters (lactones) is 1. The van der Waals surface area contributed by atoms with Crippen LogP contribution in [0.25, 0.3) is 0 Å². The van der Waals surface area contributed by atoms with E-state index in [1.165, 1.54) is 28.6 Å². The van der Waals surface area contributed by atoms with Crippen LogP contribution in [0.1, 0.15) is 15.9 Å². The van der Waals surface area contributed by atoms with E-state index in [1.807, 2.05) is 12.1 Å². The van der Waals surface area contributed by atoms with Gasteiger partial charge < -0.3 is 9.64 Å². The Kier molecular flexibility index (Phi) is 5.33. The van der Waals surface area contributed by atoms with Crippen LogP contribution in [0.5, 0.6) is 0 Å². The summed E-state index contributed by atoms with van der Waals surface area (Å²) in [4.78, 5) is 26.7. The molecule has 152 valence electrons. The summed E-state index contributed by atoms with van der Waals surface area (Å²) in [6.07, 6.45) is -0.554. The molecule has 0 bridgehead atoms. The minimum atomic E-state index is -3.65. The molecule has 0 N–H and O–H groups in total. The van der Waals surface area contributed by atoms with Crippen molar-refractivity contribution < 1.29 is 22.7 Å². The molecule has 1 saturated heterocycles. The minimum absolute atomic E-state index is 0.166. The van der Waals surface area contributed by atoms with Crippen LogP contribution in [0.15, 0.2) is 53.4 Å². The van der Waals surface area contributed by atoms with Crippen molar-refractivity contribution in [2.45, 2.75) is 17.4 Å². The average Bonchev–Trinajstić information content (AvgIpc) is 2.73. The minimum Gasteiger partial charge on any atom is -0.448 e. The summed E-state index contributed by atoms with van der Waals surface area (Å²) in [6, 6.07) is 13.1. The predicted octanol–water partition coefficient (Wildman–Crippen LogP) is 1.95. The number of benzene rings is 2. The highest BCUT2D eigenvalue weighted by Gasteiger charge is 2.36. The molecule has 2 aliphatic heterocycles.